The van der Waals surface area contributed by atoms with E-state index in [4.69, 9.17) is 0 Å². The van der Waals surface area contributed by atoms with Crippen LogP contribution in [0.5, 0.6) is 0 Å². The van der Waals surface area contributed by atoms with Crippen molar-refractivity contribution in [2.75, 3.05) is 6.54 Å². The Morgan fingerprint density at radius 2 is 2.46 bits per heavy atom. The van der Waals surface area contributed by atoms with Crippen molar-refractivity contribution in [1.29, 1.82) is 0 Å². The van der Waals surface area contributed by atoms with Gasteiger partial charge in [0.2, 0.25) is 0 Å². The molecule has 2 heteroatoms. The summed E-state index contributed by atoms with van der Waals surface area (Å²) in [4.78, 5) is 1.51. The number of nitrogens with one attached hydrogen (secondary N) is 1. The van der Waals surface area contributed by atoms with Crippen molar-refractivity contribution in [2.45, 2.75) is 26.3 Å². The molecule has 1 fully saturated rings. The van der Waals surface area contributed by atoms with Gasteiger partial charge in [-0.25, -0.2) is 0 Å². The Morgan fingerprint density at radius 3 is 2.92 bits per heavy atom. The van der Waals surface area contributed by atoms with E-state index < -0.39 is 0 Å². The Labute approximate surface area is 84.2 Å². The van der Waals surface area contributed by atoms with Crippen molar-refractivity contribution in [2.24, 2.45) is 11.8 Å². The summed E-state index contributed by atoms with van der Waals surface area (Å²) >= 11 is 1.88. The first-order valence-electron chi connectivity index (χ1n) is 5.09. The van der Waals surface area contributed by atoms with Gasteiger partial charge < -0.3 is 5.32 Å². The van der Waals surface area contributed by atoms with Crippen LogP contribution in [0.4, 0.5) is 0 Å². The van der Waals surface area contributed by atoms with Gasteiger partial charge in [-0.3, -0.25) is 0 Å². The van der Waals surface area contributed by atoms with Gasteiger partial charge in [0.15, 0.2) is 0 Å². The molecule has 0 aliphatic heterocycles. The molecule has 1 saturated carbocycles. The molecule has 3 unspecified atom stereocenters. The fraction of sp³-hybridized carbons (Fsp3) is 0.636. The summed E-state index contributed by atoms with van der Waals surface area (Å²) in [6, 6.07) is 5.03. The van der Waals surface area contributed by atoms with E-state index in [1.165, 1.54) is 11.3 Å². The van der Waals surface area contributed by atoms with Crippen LogP contribution < -0.4 is 5.32 Å². The maximum Gasteiger partial charge on any atom is 0.0445 e. The largest absolute Gasteiger partial charge is 0.309 e. The molecule has 1 heterocycles. The molecule has 0 bridgehead atoms. The van der Waals surface area contributed by atoms with Gasteiger partial charge in [0.05, 0.1) is 0 Å². The van der Waals surface area contributed by atoms with Gasteiger partial charge in [-0.2, -0.15) is 0 Å². The summed E-state index contributed by atoms with van der Waals surface area (Å²) in [5.41, 5.74) is 0. The summed E-state index contributed by atoms with van der Waals surface area (Å²) in [6.07, 6.45) is 1.40. The lowest BCUT2D eigenvalue weighted by Gasteiger charge is -2.15. The zero-order valence-corrected chi connectivity index (χ0v) is 9.10. The third kappa shape index (κ3) is 1.94. The molecule has 13 heavy (non-hydrogen) atoms. The lowest BCUT2D eigenvalue weighted by atomic mass is 10.1. The molecule has 1 aliphatic carbocycles. The Morgan fingerprint density at radius 1 is 1.69 bits per heavy atom. The lowest BCUT2D eigenvalue weighted by Crippen LogP contribution is -2.22. The van der Waals surface area contributed by atoms with Gasteiger partial charge >= 0.3 is 0 Å². The predicted molar refractivity (Wildman–Crippen MR) is 58.0 cm³/mol. The molecule has 0 radical (unpaired) electrons. The van der Waals surface area contributed by atoms with E-state index >= 15 is 0 Å². The average molecular weight is 195 g/mol. The Kier molecular flexibility index (Phi) is 2.70. The van der Waals surface area contributed by atoms with Gasteiger partial charge in [0.25, 0.3) is 0 Å². The molecule has 1 aromatic heterocycles. The first-order chi connectivity index (χ1) is 6.33. The van der Waals surface area contributed by atoms with Crippen LogP contribution in [-0.4, -0.2) is 6.54 Å². The smallest absolute Gasteiger partial charge is 0.0445 e. The van der Waals surface area contributed by atoms with Crippen LogP contribution in [0.25, 0.3) is 0 Å². The van der Waals surface area contributed by atoms with E-state index in [1.807, 2.05) is 11.3 Å². The van der Waals surface area contributed by atoms with Gasteiger partial charge in [-0.05, 0) is 36.2 Å². The summed E-state index contributed by atoms with van der Waals surface area (Å²) in [5, 5.41) is 5.76. The number of rotatable bonds is 4. The fourth-order valence-electron chi connectivity index (χ4n) is 1.97. The number of hydrogen-bond acceptors (Lipinski definition) is 2. The van der Waals surface area contributed by atoms with E-state index in [2.05, 4.69) is 36.7 Å². The van der Waals surface area contributed by atoms with Gasteiger partial charge in [0.1, 0.15) is 0 Å². The van der Waals surface area contributed by atoms with E-state index in [0.29, 0.717) is 6.04 Å². The lowest BCUT2D eigenvalue weighted by molar-refractivity contribution is 0.483. The standard InChI is InChI=1S/C11H17NS/c1-3-12-11(9-7-8(9)2)10-5-4-6-13-10/h4-6,8-9,11-12H,3,7H2,1-2H3. The maximum atomic E-state index is 3.59. The molecular formula is C11H17NS. The van der Waals surface area contributed by atoms with E-state index in [0.717, 1.165) is 18.4 Å². The normalized spacial score (nSPS) is 28.8. The number of thiophene rings is 1. The summed E-state index contributed by atoms with van der Waals surface area (Å²) in [5.74, 6) is 1.81. The van der Waals surface area contributed by atoms with Crippen LogP contribution in [0.1, 0.15) is 31.2 Å². The topological polar surface area (TPSA) is 12.0 Å². The second-order valence-electron chi connectivity index (χ2n) is 3.93. The van der Waals surface area contributed by atoms with Crippen LogP contribution in [0.2, 0.25) is 0 Å². The highest BCUT2D eigenvalue weighted by atomic mass is 32.1. The number of hydrogen-bond donors (Lipinski definition) is 1. The molecule has 0 spiro atoms. The van der Waals surface area contributed by atoms with Crippen LogP contribution in [0.3, 0.4) is 0 Å². The minimum Gasteiger partial charge on any atom is -0.309 e. The SMILES string of the molecule is CCNC(c1cccs1)C1CC1C. The molecule has 1 aromatic rings. The Balaban J connectivity index is 2.06. The highest BCUT2D eigenvalue weighted by Crippen LogP contribution is 2.47. The van der Waals surface area contributed by atoms with Crippen molar-refractivity contribution < 1.29 is 0 Å². The third-order valence-corrected chi connectivity index (χ3v) is 3.83. The highest BCUT2D eigenvalue weighted by Gasteiger charge is 2.40. The molecule has 3 atom stereocenters. The quantitative estimate of drug-likeness (QED) is 0.778. The molecule has 1 aliphatic rings. The van der Waals surface area contributed by atoms with Gasteiger partial charge in [-0.1, -0.05) is 19.9 Å². The van der Waals surface area contributed by atoms with Crippen molar-refractivity contribution in [1.82, 2.24) is 5.32 Å². The van der Waals surface area contributed by atoms with E-state index in [9.17, 15) is 0 Å². The maximum absolute atomic E-state index is 3.59. The Bertz CT molecular complexity index is 255. The minimum atomic E-state index is 0.625. The summed E-state index contributed by atoms with van der Waals surface area (Å²) in [7, 11) is 0. The summed E-state index contributed by atoms with van der Waals surface area (Å²) in [6.45, 7) is 5.61. The summed E-state index contributed by atoms with van der Waals surface area (Å²) < 4.78 is 0. The Hall–Kier alpha value is -0.340. The molecule has 1 nitrogen and oxygen atoms in total. The first kappa shape index (κ1) is 9.22. The van der Waals surface area contributed by atoms with Crippen molar-refractivity contribution in [3.63, 3.8) is 0 Å². The van der Waals surface area contributed by atoms with Crippen LogP contribution in [-0.2, 0) is 0 Å². The van der Waals surface area contributed by atoms with Crippen molar-refractivity contribution in [3.8, 4) is 0 Å². The van der Waals surface area contributed by atoms with Crippen LogP contribution in [0, 0.1) is 11.8 Å². The van der Waals surface area contributed by atoms with Crippen molar-refractivity contribution in [3.05, 3.63) is 22.4 Å². The molecule has 1 N–H and O–H groups in total. The van der Waals surface area contributed by atoms with Crippen LogP contribution >= 0.6 is 11.3 Å². The second kappa shape index (κ2) is 3.81. The monoisotopic (exact) mass is 195 g/mol. The predicted octanol–water partition coefficient (Wildman–Crippen LogP) is 3.05. The molecule has 72 valence electrons. The molecule has 2 rings (SSSR count). The molecule has 0 aromatic carbocycles. The minimum absolute atomic E-state index is 0.625. The fourth-order valence-corrected chi connectivity index (χ4v) is 2.84. The highest BCUT2D eigenvalue weighted by molar-refractivity contribution is 7.10. The van der Waals surface area contributed by atoms with Gasteiger partial charge in [-0.15, -0.1) is 11.3 Å². The molecule has 0 saturated heterocycles. The first-order valence-corrected chi connectivity index (χ1v) is 5.97. The zero-order chi connectivity index (χ0) is 9.26. The second-order valence-corrected chi connectivity index (χ2v) is 4.91. The third-order valence-electron chi connectivity index (χ3n) is 2.87. The van der Waals surface area contributed by atoms with Crippen LogP contribution in [0.15, 0.2) is 17.5 Å². The van der Waals surface area contributed by atoms with Crippen molar-refractivity contribution >= 4 is 11.3 Å². The van der Waals surface area contributed by atoms with E-state index in [-0.39, 0.29) is 0 Å². The average Bonchev–Trinajstić information content (AvgIpc) is 2.69. The van der Waals surface area contributed by atoms with Gasteiger partial charge in [0, 0.05) is 10.9 Å². The van der Waals surface area contributed by atoms with E-state index in [1.54, 1.807) is 0 Å². The molecule has 0 amide bonds. The molecular weight excluding hydrogens is 178 g/mol. The zero-order valence-electron chi connectivity index (χ0n) is 8.29.